The Bertz CT molecular complexity index is 501. The van der Waals surface area contributed by atoms with Crippen LogP contribution in [0.4, 0.5) is 0 Å². The molecule has 1 amide bonds. The van der Waals surface area contributed by atoms with Gasteiger partial charge in [-0.05, 0) is 30.7 Å². The quantitative estimate of drug-likeness (QED) is 0.250. The fourth-order valence-electron chi connectivity index (χ4n) is 3.44. The Hall–Kier alpha value is -1.71. The number of phenols is 1. The van der Waals surface area contributed by atoms with Gasteiger partial charge in [0.1, 0.15) is 11.5 Å². The molecule has 0 heterocycles. The molecule has 0 unspecified atom stereocenters. The lowest BCUT2D eigenvalue weighted by molar-refractivity contribution is -0.121. The molecule has 0 aliphatic heterocycles. The van der Waals surface area contributed by atoms with Crippen molar-refractivity contribution in [3.63, 3.8) is 0 Å². The Balaban J connectivity index is 1.79. The van der Waals surface area contributed by atoms with Crippen LogP contribution in [-0.4, -0.2) is 24.2 Å². The smallest absolute Gasteiger partial charge is 0.223 e. The van der Waals surface area contributed by atoms with Gasteiger partial charge < -0.3 is 15.2 Å². The van der Waals surface area contributed by atoms with Gasteiger partial charge in [-0.2, -0.15) is 0 Å². The summed E-state index contributed by atoms with van der Waals surface area (Å²) in [6, 6.07) is 6.54. The molecule has 0 aliphatic rings. The van der Waals surface area contributed by atoms with Crippen molar-refractivity contribution in [3.8, 4) is 11.5 Å². The normalized spacial score (nSPS) is 10.8. The topological polar surface area (TPSA) is 58.6 Å². The molecule has 0 aromatic heterocycles. The highest BCUT2D eigenvalue weighted by Crippen LogP contribution is 2.16. The average Bonchev–Trinajstić information content (AvgIpc) is 2.72. The number of carbonyl (C=O) groups is 1. The van der Waals surface area contributed by atoms with Crippen LogP contribution in [0.1, 0.15) is 103 Å². The Morgan fingerprint density at radius 3 is 1.79 bits per heavy atom. The summed E-state index contributed by atoms with van der Waals surface area (Å²) in [7, 11) is 0. The second-order valence-electron chi connectivity index (χ2n) is 8.04. The second-order valence-corrected chi connectivity index (χ2v) is 8.04. The standard InChI is InChI=1S/C25H43NO3/c1-2-3-4-5-6-7-8-9-10-11-12-13-14-15-21-26-25(28)20-22-29-24-18-16-23(27)17-19-24/h16-19,27H,2-15,20-22H2,1H3,(H,26,28). The highest BCUT2D eigenvalue weighted by molar-refractivity contribution is 5.75. The molecule has 4 heteroatoms. The molecule has 0 atom stereocenters. The first-order valence-corrected chi connectivity index (χ1v) is 11.9. The van der Waals surface area contributed by atoms with E-state index in [4.69, 9.17) is 4.74 Å². The van der Waals surface area contributed by atoms with Gasteiger partial charge in [0.05, 0.1) is 13.0 Å². The van der Waals surface area contributed by atoms with Crippen molar-refractivity contribution in [2.24, 2.45) is 0 Å². The molecule has 0 spiro atoms. The van der Waals surface area contributed by atoms with E-state index in [-0.39, 0.29) is 11.7 Å². The van der Waals surface area contributed by atoms with Gasteiger partial charge in [0.25, 0.3) is 0 Å². The van der Waals surface area contributed by atoms with Crippen LogP contribution in [0.3, 0.4) is 0 Å². The maximum Gasteiger partial charge on any atom is 0.223 e. The largest absolute Gasteiger partial charge is 0.508 e. The van der Waals surface area contributed by atoms with Gasteiger partial charge in [-0.1, -0.05) is 90.4 Å². The van der Waals surface area contributed by atoms with Crippen molar-refractivity contribution >= 4 is 5.91 Å². The summed E-state index contributed by atoms with van der Waals surface area (Å²) in [5.74, 6) is 0.921. The number of rotatable bonds is 19. The van der Waals surface area contributed by atoms with Crippen molar-refractivity contribution in [2.75, 3.05) is 13.2 Å². The average molecular weight is 406 g/mol. The van der Waals surface area contributed by atoms with E-state index in [1.807, 2.05) is 0 Å². The van der Waals surface area contributed by atoms with Gasteiger partial charge in [-0.15, -0.1) is 0 Å². The summed E-state index contributed by atoms with van der Waals surface area (Å²) in [6.07, 6.45) is 19.2. The number of aromatic hydroxyl groups is 1. The zero-order valence-electron chi connectivity index (χ0n) is 18.6. The van der Waals surface area contributed by atoms with Gasteiger partial charge >= 0.3 is 0 Å². The Morgan fingerprint density at radius 1 is 0.793 bits per heavy atom. The number of benzene rings is 1. The molecule has 0 radical (unpaired) electrons. The predicted molar refractivity (Wildman–Crippen MR) is 122 cm³/mol. The monoisotopic (exact) mass is 405 g/mol. The van der Waals surface area contributed by atoms with Crippen LogP contribution in [0.2, 0.25) is 0 Å². The molecule has 0 bridgehead atoms. The van der Waals surface area contributed by atoms with Crippen molar-refractivity contribution in [3.05, 3.63) is 24.3 Å². The number of carbonyl (C=O) groups excluding carboxylic acids is 1. The number of phenolic OH excluding ortho intramolecular Hbond substituents is 1. The minimum atomic E-state index is 0.0403. The lowest BCUT2D eigenvalue weighted by Crippen LogP contribution is -2.25. The molecular weight excluding hydrogens is 362 g/mol. The summed E-state index contributed by atoms with van der Waals surface area (Å²) in [6.45, 7) is 3.39. The van der Waals surface area contributed by atoms with Crippen molar-refractivity contribution in [2.45, 2.75) is 103 Å². The van der Waals surface area contributed by atoms with E-state index in [1.54, 1.807) is 24.3 Å². The van der Waals surface area contributed by atoms with Crippen LogP contribution in [0.15, 0.2) is 24.3 Å². The van der Waals surface area contributed by atoms with Crippen molar-refractivity contribution < 1.29 is 14.6 Å². The van der Waals surface area contributed by atoms with Crippen LogP contribution < -0.4 is 10.1 Å². The fraction of sp³-hybridized carbons (Fsp3) is 0.720. The third-order valence-electron chi connectivity index (χ3n) is 5.29. The zero-order chi connectivity index (χ0) is 21.0. The molecule has 4 nitrogen and oxygen atoms in total. The lowest BCUT2D eigenvalue weighted by atomic mass is 10.0. The van der Waals surface area contributed by atoms with E-state index in [9.17, 15) is 9.90 Å². The highest BCUT2D eigenvalue weighted by atomic mass is 16.5. The molecule has 0 fully saturated rings. The predicted octanol–water partition coefficient (Wildman–Crippen LogP) is 6.76. The van der Waals surface area contributed by atoms with Crippen LogP contribution in [0.5, 0.6) is 11.5 Å². The van der Waals surface area contributed by atoms with Gasteiger partial charge in [0.15, 0.2) is 0 Å². The number of amides is 1. The molecule has 1 rings (SSSR count). The highest BCUT2D eigenvalue weighted by Gasteiger charge is 2.02. The summed E-state index contributed by atoms with van der Waals surface area (Å²) in [5.41, 5.74) is 0. The van der Waals surface area contributed by atoms with E-state index >= 15 is 0 Å². The second kappa shape index (κ2) is 18.3. The Labute approximate surface area is 178 Å². The van der Waals surface area contributed by atoms with E-state index < -0.39 is 0 Å². The number of ether oxygens (including phenoxy) is 1. The fourth-order valence-corrected chi connectivity index (χ4v) is 3.44. The van der Waals surface area contributed by atoms with E-state index in [2.05, 4.69) is 12.2 Å². The summed E-state index contributed by atoms with van der Waals surface area (Å²) >= 11 is 0. The van der Waals surface area contributed by atoms with Crippen LogP contribution in [0.25, 0.3) is 0 Å². The molecular formula is C25H43NO3. The van der Waals surface area contributed by atoms with E-state index in [1.165, 1.54) is 83.5 Å². The Morgan fingerprint density at radius 2 is 1.28 bits per heavy atom. The number of unbranched alkanes of at least 4 members (excludes halogenated alkanes) is 13. The van der Waals surface area contributed by atoms with E-state index in [0.29, 0.717) is 18.8 Å². The summed E-state index contributed by atoms with van der Waals surface area (Å²) in [5, 5.41) is 12.2. The minimum absolute atomic E-state index is 0.0403. The van der Waals surface area contributed by atoms with Crippen molar-refractivity contribution in [1.29, 1.82) is 0 Å². The molecule has 1 aromatic carbocycles. The third-order valence-corrected chi connectivity index (χ3v) is 5.29. The lowest BCUT2D eigenvalue weighted by Gasteiger charge is -2.07. The first-order chi connectivity index (χ1) is 14.2. The van der Waals surface area contributed by atoms with E-state index in [0.717, 1.165) is 13.0 Å². The van der Waals surface area contributed by atoms with Crippen LogP contribution in [-0.2, 0) is 4.79 Å². The molecule has 0 saturated heterocycles. The molecule has 0 saturated carbocycles. The number of hydrogen-bond donors (Lipinski definition) is 2. The summed E-state index contributed by atoms with van der Waals surface area (Å²) < 4.78 is 5.49. The minimum Gasteiger partial charge on any atom is -0.508 e. The van der Waals surface area contributed by atoms with Gasteiger partial charge in [-0.25, -0.2) is 0 Å². The Kier molecular flexibility index (Phi) is 16.0. The van der Waals surface area contributed by atoms with Gasteiger partial charge in [0.2, 0.25) is 5.91 Å². The molecule has 0 aliphatic carbocycles. The van der Waals surface area contributed by atoms with Gasteiger partial charge in [0, 0.05) is 6.54 Å². The van der Waals surface area contributed by atoms with Crippen molar-refractivity contribution in [1.82, 2.24) is 5.32 Å². The molecule has 166 valence electrons. The maximum atomic E-state index is 11.8. The number of hydrogen-bond acceptors (Lipinski definition) is 3. The number of nitrogens with one attached hydrogen (secondary N) is 1. The first-order valence-electron chi connectivity index (χ1n) is 11.9. The maximum absolute atomic E-state index is 11.8. The molecule has 1 aromatic rings. The zero-order valence-corrected chi connectivity index (χ0v) is 18.6. The molecule has 2 N–H and O–H groups in total. The first kappa shape index (κ1) is 25.3. The summed E-state index contributed by atoms with van der Waals surface area (Å²) in [4.78, 5) is 11.8. The van der Waals surface area contributed by atoms with Gasteiger partial charge in [-0.3, -0.25) is 4.79 Å². The molecule has 29 heavy (non-hydrogen) atoms. The SMILES string of the molecule is CCCCCCCCCCCCCCCCNC(=O)CCOc1ccc(O)cc1. The third kappa shape index (κ3) is 15.8. The van der Waals surface area contributed by atoms with Crippen LogP contribution in [0, 0.1) is 0 Å². The van der Waals surface area contributed by atoms with Crippen LogP contribution >= 0.6 is 0 Å².